The Hall–Kier alpha value is -2.47. The molecule has 1 aliphatic carbocycles. The first-order valence-electron chi connectivity index (χ1n) is 8.25. The summed E-state index contributed by atoms with van der Waals surface area (Å²) in [4.78, 5) is 30.3. The third-order valence-electron chi connectivity index (χ3n) is 5.00. The summed E-state index contributed by atoms with van der Waals surface area (Å²) in [5.74, 6) is -0.0200. The van der Waals surface area contributed by atoms with E-state index < -0.39 is 0 Å². The molecule has 1 aromatic heterocycles. The van der Waals surface area contributed by atoms with Gasteiger partial charge in [0.1, 0.15) is 5.01 Å². The normalized spacial score (nSPS) is 20.0. The highest BCUT2D eigenvalue weighted by molar-refractivity contribution is 7.13. The van der Waals surface area contributed by atoms with Gasteiger partial charge in [0.25, 0.3) is 0 Å². The average Bonchev–Trinajstić information content (AvgIpc) is 3.19. The molecule has 2 aliphatic rings. The Kier molecular flexibility index (Phi) is 3.72. The Labute approximate surface area is 150 Å². The van der Waals surface area contributed by atoms with Gasteiger partial charge >= 0.3 is 0 Å². The van der Waals surface area contributed by atoms with Crippen LogP contribution in [0, 0.1) is 18.3 Å². The number of hydrogen-bond acceptors (Lipinski definition) is 4. The highest BCUT2D eigenvalue weighted by Gasteiger charge is 2.65. The van der Waals surface area contributed by atoms with Crippen molar-refractivity contribution in [3.63, 3.8) is 0 Å². The van der Waals surface area contributed by atoms with Gasteiger partial charge in [0.15, 0.2) is 0 Å². The summed E-state index contributed by atoms with van der Waals surface area (Å²) in [6, 6.07) is 7.78. The summed E-state index contributed by atoms with van der Waals surface area (Å²) in [6.45, 7) is 6.79. The maximum atomic E-state index is 12.5. The van der Waals surface area contributed by atoms with Crippen LogP contribution in [0.1, 0.15) is 12.1 Å². The Balaban J connectivity index is 1.40. The molecule has 0 radical (unpaired) electrons. The van der Waals surface area contributed by atoms with Crippen LogP contribution in [0.3, 0.4) is 0 Å². The van der Waals surface area contributed by atoms with Crippen molar-refractivity contribution in [1.29, 1.82) is 0 Å². The van der Waals surface area contributed by atoms with Crippen molar-refractivity contribution in [3.8, 4) is 10.6 Å². The molecule has 0 bridgehead atoms. The number of benzene rings is 1. The maximum Gasteiger partial charge on any atom is 0.245 e. The van der Waals surface area contributed by atoms with E-state index in [4.69, 9.17) is 0 Å². The van der Waals surface area contributed by atoms with Crippen molar-refractivity contribution in [3.05, 3.63) is 48.0 Å². The number of amides is 2. The SMILES string of the molecule is C=CC(=O)N1CC2(CC2C(=O)Nc2cccc(-c3nc(C)cs3)c2)C1. The molecule has 1 aromatic carbocycles. The molecule has 5 nitrogen and oxygen atoms in total. The number of carbonyl (C=O) groups is 2. The fourth-order valence-electron chi connectivity index (χ4n) is 3.51. The third kappa shape index (κ3) is 2.87. The number of likely N-dealkylation sites (tertiary alicyclic amines) is 1. The zero-order valence-corrected chi connectivity index (χ0v) is 14.8. The van der Waals surface area contributed by atoms with Crippen molar-refractivity contribution >= 4 is 28.8 Å². The first-order valence-corrected chi connectivity index (χ1v) is 9.13. The van der Waals surface area contributed by atoms with E-state index in [0.717, 1.165) is 28.4 Å². The lowest BCUT2D eigenvalue weighted by molar-refractivity contribution is -0.135. The number of hydrogen-bond donors (Lipinski definition) is 1. The van der Waals surface area contributed by atoms with Gasteiger partial charge in [0.2, 0.25) is 11.8 Å². The number of thiazole rings is 1. The monoisotopic (exact) mass is 353 g/mol. The number of rotatable bonds is 4. The first kappa shape index (κ1) is 16.0. The molecule has 1 saturated carbocycles. The number of nitrogens with zero attached hydrogens (tertiary/aromatic N) is 2. The van der Waals surface area contributed by atoms with E-state index in [1.807, 2.05) is 36.6 Å². The van der Waals surface area contributed by atoms with E-state index in [0.29, 0.717) is 13.1 Å². The molecule has 2 fully saturated rings. The zero-order valence-electron chi connectivity index (χ0n) is 14.0. The average molecular weight is 353 g/mol. The summed E-state index contributed by atoms with van der Waals surface area (Å²) >= 11 is 1.60. The van der Waals surface area contributed by atoms with Crippen molar-refractivity contribution in [2.75, 3.05) is 18.4 Å². The lowest BCUT2D eigenvalue weighted by Gasteiger charge is -2.40. The van der Waals surface area contributed by atoms with Crippen LogP contribution in [0.5, 0.6) is 0 Å². The minimum atomic E-state index is -0.0527. The summed E-state index contributed by atoms with van der Waals surface area (Å²) < 4.78 is 0. The second-order valence-corrected chi connectivity index (χ2v) is 7.74. The number of aryl methyl sites for hydroxylation is 1. The Bertz CT molecular complexity index is 867. The summed E-state index contributed by atoms with van der Waals surface area (Å²) in [6.07, 6.45) is 2.18. The molecule has 6 heteroatoms. The molecule has 1 unspecified atom stereocenters. The molecule has 4 rings (SSSR count). The van der Waals surface area contributed by atoms with Gasteiger partial charge in [-0.1, -0.05) is 18.7 Å². The minimum absolute atomic E-state index is 0.00716. The van der Waals surface area contributed by atoms with Crippen LogP contribution in [0.15, 0.2) is 42.3 Å². The van der Waals surface area contributed by atoms with Gasteiger partial charge in [-0.05, 0) is 31.6 Å². The van der Waals surface area contributed by atoms with Gasteiger partial charge in [-0.15, -0.1) is 11.3 Å². The largest absolute Gasteiger partial charge is 0.338 e. The Morgan fingerprint density at radius 1 is 1.44 bits per heavy atom. The highest BCUT2D eigenvalue weighted by atomic mass is 32.1. The zero-order chi connectivity index (χ0) is 17.6. The van der Waals surface area contributed by atoms with Gasteiger partial charge in [0, 0.05) is 46.7 Å². The van der Waals surface area contributed by atoms with Crippen LogP contribution in [0.4, 0.5) is 5.69 Å². The van der Waals surface area contributed by atoms with E-state index >= 15 is 0 Å². The fraction of sp³-hybridized carbons (Fsp3) is 0.316. The van der Waals surface area contributed by atoms with E-state index in [1.54, 1.807) is 16.2 Å². The van der Waals surface area contributed by atoms with Crippen molar-refractivity contribution in [1.82, 2.24) is 9.88 Å². The van der Waals surface area contributed by atoms with E-state index in [-0.39, 0.29) is 23.1 Å². The molecular formula is C19H19N3O2S. The van der Waals surface area contributed by atoms with Crippen molar-refractivity contribution in [2.24, 2.45) is 11.3 Å². The molecule has 1 aliphatic heterocycles. The molecule has 2 aromatic rings. The van der Waals surface area contributed by atoms with Gasteiger partial charge in [-0.3, -0.25) is 9.59 Å². The minimum Gasteiger partial charge on any atom is -0.338 e. The first-order chi connectivity index (χ1) is 12.0. The van der Waals surface area contributed by atoms with Crippen molar-refractivity contribution < 1.29 is 9.59 Å². The number of carbonyl (C=O) groups excluding carboxylic acids is 2. The number of aromatic nitrogens is 1. The summed E-state index contributed by atoms with van der Waals surface area (Å²) in [7, 11) is 0. The standard InChI is InChI=1S/C19H19N3O2S/c1-3-16(23)22-10-19(11-22)8-15(19)17(24)21-14-6-4-5-13(7-14)18-20-12(2)9-25-18/h3-7,9,15H,1,8,10-11H2,2H3,(H,21,24). The Morgan fingerprint density at radius 3 is 2.92 bits per heavy atom. The van der Waals surface area contributed by atoms with Gasteiger partial charge in [0.05, 0.1) is 0 Å². The summed E-state index contributed by atoms with van der Waals surface area (Å²) in [5, 5.41) is 5.98. The van der Waals surface area contributed by atoms with Crippen LogP contribution in [-0.4, -0.2) is 34.8 Å². The van der Waals surface area contributed by atoms with Crippen molar-refractivity contribution in [2.45, 2.75) is 13.3 Å². The topological polar surface area (TPSA) is 62.3 Å². The molecule has 2 amide bonds. The second-order valence-electron chi connectivity index (χ2n) is 6.88. The van der Waals surface area contributed by atoms with E-state index in [9.17, 15) is 9.59 Å². The smallest absolute Gasteiger partial charge is 0.245 e. The fourth-order valence-corrected chi connectivity index (χ4v) is 4.31. The lowest BCUT2D eigenvalue weighted by Crippen LogP contribution is -2.52. The quantitative estimate of drug-likeness (QED) is 0.859. The van der Waals surface area contributed by atoms with E-state index in [1.165, 1.54) is 6.08 Å². The van der Waals surface area contributed by atoms with E-state index in [2.05, 4.69) is 16.9 Å². The molecule has 1 N–H and O–H groups in total. The number of anilines is 1. The Morgan fingerprint density at radius 2 is 2.24 bits per heavy atom. The highest BCUT2D eigenvalue weighted by Crippen LogP contribution is 2.59. The molecule has 1 spiro atoms. The predicted molar refractivity (Wildman–Crippen MR) is 98.2 cm³/mol. The van der Waals surface area contributed by atoms with Crippen LogP contribution >= 0.6 is 11.3 Å². The van der Waals surface area contributed by atoms with Crippen LogP contribution in [-0.2, 0) is 9.59 Å². The maximum absolute atomic E-state index is 12.5. The van der Waals surface area contributed by atoms with Gasteiger partial charge in [-0.25, -0.2) is 4.98 Å². The predicted octanol–water partition coefficient (Wildman–Crippen LogP) is 3.09. The van der Waals surface area contributed by atoms with Gasteiger partial charge in [-0.2, -0.15) is 0 Å². The summed E-state index contributed by atoms with van der Waals surface area (Å²) in [5.41, 5.74) is 2.79. The second kappa shape index (κ2) is 5.81. The molecule has 1 saturated heterocycles. The molecular weight excluding hydrogens is 334 g/mol. The van der Waals surface area contributed by atoms with Crippen LogP contribution in [0.2, 0.25) is 0 Å². The van der Waals surface area contributed by atoms with Crippen LogP contribution < -0.4 is 5.32 Å². The molecule has 2 heterocycles. The third-order valence-corrected chi connectivity index (χ3v) is 6.01. The number of nitrogens with one attached hydrogen (secondary N) is 1. The molecule has 1 atom stereocenters. The molecule has 128 valence electrons. The lowest BCUT2D eigenvalue weighted by atomic mass is 9.93. The van der Waals surface area contributed by atoms with Gasteiger partial charge < -0.3 is 10.2 Å². The van der Waals surface area contributed by atoms with Crippen LogP contribution in [0.25, 0.3) is 10.6 Å². The molecule has 25 heavy (non-hydrogen) atoms.